The molecule has 0 saturated heterocycles. The van der Waals surface area contributed by atoms with Crippen molar-refractivity contribution in [1.29, 1.82) is 0 Å². The Kier molecular flexibility index (Phi) is 3.75. The molecule has 2 aromatic rings. The molecule has 0 aromatic heterocycles. The van der Waals surface area contributed by atoms with E-state index in [2.05, 4.69) is 31.2 Å². The molecule has 4 nitrogen and oxygen atoms in total. The summed E-state index contributed by atoms with van der Waals surface area (Å²) in [5.74, 6) is 0.889. The minimum absolute atomic E-state index is 0.124. The Morgan fingerprint density at radius 1 is 1.23 bits per heavy atom. The molecule has 1 aliphatic rings. The zero-order valence-corrected chi connectivity index (χ0v) is 12.7. The Balaban J connectivity index is 1.90. The van der Waals surface area contributed by atoms with Gasteiger partial charge in [0, 0.05) is 19.0 Å². The van der Waals surface area contributed by atoms with Gasteiger partial charge in [0.2, 0.25) is 0 Å². The lowest BCUT2D eigenvalue weighted by atomic mass is 9.97. The van der Waals surface area contributed by atoms with Crippen LogP contribution >= 0.6 is 0 Å². The number of hydrogen-bond donors (Lipinski definition) is 1. The van der Waals surface area contributed by atoms with Gasteiger partial charge in [0.1, 0.15) is 11.9 Å². The van der Waals surface area contributed by atoms with Crippen LogP contribution in [0.5, 0.6) is 5.75 Å². The van der Waals surface area contributed by atoms with E-state index in [-0.39, 0.29) is 6.10 Å². The molecule has 1 atom stereocenters. The molecule has 4 heteroatoms. The number of ether oxygens (including phenoxy) is 1. The van der Waals surface area contributed by atoms with Crippen molar-refractivity contribution in [2.45, 2.75) is 19.4 Å². The van der Waals surface area contributed by atoms with Gasteiger partial charge in [0.15, 0.2) is 0 Å². The van der Waals surface area contributed by atoms with Gasteiger partial charge in [-0.1, -0.05) is 42.5 Å². The molecule has 1 aliphatic heterocycles. The predicted octanol–water partition coefficient (Wildman–Crippen LogP) is 3.58. The van der Waals surface area contributed by atoms with Crippen LogP contribution in [0.25, 0.3) is 11.1 Å². The van der Waals surface area contributed by atoms with E-state index in [1.54, 1.807) is 7.05 Å². The second kappa shape index (κ2) is 5.72. The first-order valence-electron chi connectivity index (χ1n) is 7.35. The molecule has 1 heterocycles. The summed E-state index contributed by atoms with van der Waals surface area (Å²) in [7, 11) is 1.57. The molecule has 0 fully saturated rings. The van der Waals surface area contributed by atoms with Crippen LogP contribution in [-0.2, 0) is 6.42 Å². The zero-order chi connectivity index (χ0) is 15.7. The molecule has 0 aliphatic carbocycles. The molecule has 0 bridgehead atoms. The number of carbonyl (C=O) groups is 1. The van der Waals surface area contributed by atoms with Crippen molar-refractivity contribution in [2.75, 3.05) is 13.6 Å². The first-order valence-corrected chi connectivity index (χ1v) is 7.35. The first kappa shape index (κ1) is 14.4. The third-order valence-corrected chi connectivity index (χ3v) is 4.07. The molecule has 114 valence electrons. The average molecular weight is 297 g/mol. The molecule has 1 amide bonds. The molecule has 3 rings (SSSR count). The number of nitrogens with zero attached hydrogens (tertiary/aromatic N) is 1. The van der Waals surface area contributed by atoms with Crippen molar-refractivity contribution < 1.29 is 14.6 Å². The largest absolute Gasteiger partial charge is 0.487 e. The molecule has 2 aromatic carbocycles. The van der Waals surface area contributed by atoms with Crippen molar-refractivity contribution in [2.24, 2.45) is 0 Å². The fraction of sp³-hybridized carbons (Fsp3) is 0.278. The smallest absolute Gasteiger partial charge is 0.407 e. The van der Waals surface area contributed by atoms with Crippen molar-refractivity contribution in [3.8, 4) is 16.9 Å². The van der Waals surface area contributed by atoms with E-state index in [0.717, 1.165) is 28.9 Å². The Morgan fingerprint density at radius 3 is 2.68 bits per heavy atom. The molecular formula is C18H19NO3. The molecule has 1 N–H and O–H groups in total. The number of hydrogen-bond acceptors (Lipinski definition) is 2. The van der Waals surface area contributed by atoms with Crippen LogP contribution in [0.4, 0.5) is 4.79 Å². The van der Waals surface area contributed by atoms with Gasteiger partial charge < -0.3 is 14.7 Å². The predicted molar refractivity (Wildman–Crippen MR) is 85.4 cm³/mol. The third-order valence-electron chi connectivity index (χ3n) is 4.07. The summed E-state index contributed by atoms with van der Waals surface area (Å²) in [6.45, 7) is 2.45. The lowest BCUT2D eigenvalue weighted by Gasteiger charge is -2.18. The second-order valence-electron chi connectivity index (χ2n) is 5.72. The SMILES string of the molecule is Cc1ccccc1-c1cccc2c1OC(CN(C)C(=O)O)C2. The van der Waals surface area contributed by atoms with Gasteiger partial charge in [-0.05, 0) is 23.6 Å². The van der Waals surface area contributed by atoms with Gasteiger partial charge >= 0.3 is 6.09 Å². The van der Waals surface area contributed by atoms with Crippen LogP contribution < -0.4 is 4.74 Å². The number of fused-ring (bicyclic) bond motifs is 1. The maximum atomic E-state index is 11.0. The van der Waals surface area contributed by atoms with E-state index >= 15 is 0 Å². The zero-order valence-electron chi connectivity index (χ0n) is 12.7. The quantitative estimate of drug-likeness (QED) is 0.942. The summed E-state index contributed by atoms with van der Waals surface area (Å²) < 4.78 is 6.06. The van der Waals surface area contributed by atoms with Gasteiger partial charge in [-0.15, -0.1) is 0 Å². The minimum atomic E-state index is -0.932. The number of para-hydroxylation sites is 1. The van der Waals surface area contributed by atoms with E-state index in [1.165, 1.54) is 10.5 Å². The summed E-state index contributed by atoms with van der Waals surface area (Å²) in [4.78, 5) is 12.2. The Morgan fingerprint density at radius 2 is 1.95 bits per heavy atom. The van der Waals surface area contributed by atoms with Crippen LogP contribution in [0.15, 0.2) is 42.5 Å². The van der Waals surface area contributed by atoms with E-state index in [4.69, 9.17) is 9.84 Å². The normalized spacial score (nSPS) is 16.0. The van der Waals surface area contributed by atoms with Gasteiger partial charge in [-0.3, -0.25) is 0 Å². The van der Waals surface area contributed by atoms with E-state index in [9.17, 15) is 4.79 Å². The molecule has 1 unspecified atom stereocenters. The average Bonchev–Trinajstić information content (AvgIpc) is 2.90. The summed E-state index contributed by atoms with van der Waals surface area (Å²) in [6.07, 6.45) is -0.313. The number of amides is 1. The maximum Gasteiger partial charge on any atom is 0.407 e. The Labute approximate surface area is 130 Å². The molecule has 0 spiro atoms. The Bertz CT molecular complexity index is 711. The lowest BCUT2D eigenvalue weighted by Crippen LogP contribution is -2.35. The minimum Gasteiger partial charge on any atom is -0.487 e. The second-order valence-corrected chi connectivity index (χ2v) is 5.72. The number of rotatable bonds is 3. The van der Waals surface area contributed by atoms with Crippen LogP contribution in [0, 0.1) is 6.92 Å². The summed E-state index contributed by atoms with van der Waals surface area (Å²) in [5.41, 5.74) is 4.58. The molecule has 22 heavy (non-hydrogen) atoms. The topological polar surface area (TPSA) is 49.8 Å². The number of carboxylic acid groups (broad SMARTS) is 1. The van der Waals surface area contributed by atoms with Gasteiger partial charge in [-0.2, -0.15) is 0 Å². The van der Waals surface area contributed by atoms with Gasteiger partial charge in [0.25, 0.3) is 0 Å². The van der Waals surface area contributed by atoms with E-state index < -0.39 is 6.09 Å². The van der Waals surface area contributed by atoms with Crippen LogP contribution in [0.1, 0.15) is 11.1 Å². The highest BCUT2D eigenvalue weighted by Gasteiger charge is 2.27. The third kappa shape index (κ3) is 2.64. The van der Waals surface area contributed by atoms with Crippen LogP contribution in [0.3, 0.4) is 0 Å². The highest BCUT2D eigenvalue weighted by molar-refractivity contribution is 5.75. The van der Waals surface area contributed by atoms with Gasteiger partial charge in [0.05, 0.1) is 6.54 Å². The van der Waals surface area contributed by atoms with E-state index in [0.29, 0.717) is 6.54 Å². The molecular weight excluding hydrogens is 278 g/mol. The summed E-state index contributed by atoms with van der Waals surface area (Å²) >= 11 is 0. The molecule has 0 radical (unpaired) electrons. The molecule has 0 saturated carbocycles. The van der Waals surface area contributed by atoms with Crippen LogP contribution in [0.2, 0.25) is 0 Å². The fourth-order valence-corrected chi connectivity index (χ4v) is 2.91. The summed E-state index contributed by atoms with van der Waals surface area (Å²) in [5, 5.41) is 9.00. The maximum absolute atomic E-state index is 11.0. The highest BCUT2D eigenvalue weighted by atomic mass is 16.5. The van der Waals surface area contributed by atoms with Crippen molar-refractivity contribution in [3.63, 3.8) is 0 Å². The van der Waals surface area contributed by atoms with Crippen molar-refractivity contribution in [3.05, 3.63) is 53.6 Å². The van der Waals surface area contributed by atoms with Crippen molar-refractivity contribution in [1.82, 2.24) is 4.90 Å². The number of aryl methyl sites for hydroxylation is 1. The fourth-order valence-electron chi connectivity index (χ4n) is 2.91. The number of benzene rings is 2. The number of likely N-dealkylation sites (N-methyl/N-ethyl adjacent to an activating group) is 1. The monoisotopic (exact) mass is 297 g/mol. The summed E-state index contributed by atoms with van der Waals surface area (Å²) in [6, 6.07) is 14.4. The van der Waals surface area contributed by atoms with E-state index in [1.807, 2.05) is 18.2 Å². The lowest BCUT2D eigenvalue weighted by molar-refractivity contribution is 0.129. The standard InChI is InChI=1S/C18H19NO3/c1-12-6-3-4-8-15(12)16-9-5-7-13-10-14(22-17(13)16)11-19(2)18(20)21/h3-9,14H,10-11H2,1-2H3,(H,20,21). The Hall–Kier alpha value is -2.49. The van der Waals surface area contributed by atoms with Crippen molar-refractivity contribution >= 4 is 6.09 Å². The van der Waals surface area contributed by atoms with Crippen LogP contribution in [-0.4, -0.2) is 35.8 Å². The van der Waals surface area contributed by atoms with Gasteiger partial charge in [-0.25, -0.2) is 4.79 Å². The first-order chi connectivity index (χ1) is 10.6. The highest BCUT2D eigenvalue weighted by Crippen LogP contribution is 2.39.